The Bertz CT molecular complexity index is 804. The first-order chi connectivity index (χ1) is 10.1. The highest BCUT2D eigenvalue weighted by Crippen LogP contribution is 2.30. The van der Waals surface area contributed by atoms with Crippen LogP contribution in [0.1, 0.15) is 5.56 Å². The van der Waals surface area contributed by atoms with E-state index in [0.717, 1.165) is 34.0 Å². The Morgan fingerprint density at radius 1 is 1.19 bits per heavy atom. The molecule has 21 heavy (non-hydrogen) atoms. The highest BCUT2D eigenvalue weighted by Gasteiger charge is 2.10. The Kier molecular flexibility index (Phi) is 3.68. The van der Waals surface area contributed by atoms with Gasteiger partial charge in [0.15, 0.2) is 0 Å². The lowest BCUT2D eigenvalue weighted by Crippen LogP contribution is -2.01. The maximum atomic E-state index is 10.6. The molecule has 0 saturated heterocycles. The smallest absolute Gasteiger partial charge is 0.269 e. The van der Waals surface area contributed by atoms with Crippen molar-refractivity contribution in [1.29, 1.82) is 0 Å². The summed E-state index contributed by atoms with van der Waals surface area (Å²) in [4.78, 5) is 10.2. The summed E-state index contributed by atoms with van der Waals surface area (Å²) in [6.07, 6.45) is 0. The summed E-state index contributed by atoms with van der Waals surface area (Å²) in [5, 5.41) is 14.4. The Hall–Kier alpha value is -2.25. The summed E-state index contributed by atoms with van der Waals surface area (Å²) in [6.45, 7) is 0.494. The Labute approximate surface area is 128 Å². The van der Waals surface area contributed by atoms with Crippen LogP contribution in [0.4, 0.5) is 11.4 Å². The van der Waals surface area contributed by atoms with Crippen molar-refractivity contribution >= 4 is 45.7 Å². The molecular weight excluding hydrogens is 312 g/mol. The third kappa shape index (κ3) is 2.79. The SMILES string of the molecule is O=[N+]([O-])c1ccc(CNc2c(Cl)ccc3nsnc23)cc1. The van der Waals surface area contributed by atoms with E-state index in [1.807, 2.05) is 6.07 Å². The van der Waals surface area contributed by atoms with Gasteiger partial charge in [0.2, 0.25) is 0 Å². The normalized spacial score (nSPS) is 10.7. The van der Waals surface area contributed by atoms with Crippen molar-refractivity contribution in [3.63, 3.8) is 0 Å². The molecule has 8 heteroatoms. The van der Waals surface area contributed by atoms with Gasteiger partial charge in [-0.05, 0) is 17.7 Å². The van der Waals surface area contributed by atoms with E-state index in [1.165, 1.54) is 12.1 Å². The number of fused-ring (bicyclic) bond motifs is 1. The van der Waals surface area contributed by atoms with Crippen LogP contribution in [0.2, 0.25) is 5.02 Å². The van der Waals surface area contributed by atoms with Gasteiger partial charge < -0.3 is 5.32 Å². The molecule has 0 spiro atoms. The van der Waals surface area contributed by atoms with Gasteiger partial charge in [-0.3, -0.25) is 10.1 Å². The van der Waals surface area contributed by atoms with Gasteiger partial charge in [0.25, 0.3) is 5.69 Å². The van der Waals surface area contributed by atoms with Crippen LogP contribution in [0.5, 0.6) is 0 Å². The highest BCUT2D eigenvalue weighted by atomic mass is 35.5. The molecule has 1 aromatic heterocycles. The predicted octanol–water partition coefficient (Wildman–Crippen LogP) is 3.87. The molecule has 0 atom stereocenters. The Morgan fingerprint density at radius 3 is 2.67 bits per heavy atom. The van der Waals surface area contributed by atoms with E-state index in [9.17, 15) is 10.1 Å². The molecule has 2 aromatic carbocycles. The number of rotatable bonds is 4. The van der Waals surface area contributed by atoms with Crippen molar-refractivity contribution in [1.82, 2.24) is 8.75 Å². The first-order valence-electron chi connectivity index (χ1n) is 6.03. The van der Waals surface area contributed by atoms with Gasteiger partial charge in [0.1, 0.15) is 11.0 Å². The zero-order valence-electron chi connectivity index (χ0n) is 10.6. The number of nitro groups is 1. The fourth-order valence-electron chi connectivity index (χ4n) is 1.92. The van der Waals surface area contributed by atoms with Crippen molar-refractivity contribution in [2.24, 2.45) is 0 Å². The monoisotopic (exact) mass is 320 g/mol. The quantitative estimate of drug-likeness (QED) is 0.583. The standard InChI is InChI=1S/C13H9ClN4O2S/c14-10-5-6-11-13(17-21-16-11)12(10)15-7-8-1-3-9(4-2-8)18(19)20/h1-6,15H,7H2. The number of non-ortho nitro benzene ring substituents is 1. The second-order valence-corrected chi connectivity index (χ2v) is 5.27. The molecule has 0 bridgehead atoms. The summed E-state index contributed by atoms with van der Waals surface area (Å²) in [5.74, 6) is 0. The van der Waals surface area contributed by atoms with Gasteiger partial charge in [-0.1, -0.05) is 23.7 Å². The molecule has 3 rings (SSSR count). The van der Waals surface area contributed by atoms with Gasteiger partial charge in [0.05, 0.1) is 27.4 Å². The average molecular weight is 321 g/mol. The molecule has 6 nitrogen and oxygen atoms in total. The first kappa shape index (κ1) is 13.7. The summed E-state index contributed by atoms with van der Waals surface area (Å²) in [7, 11) is 0. The molecule has 0 unspecified atom stereocenters. The summed E-state index contributed by atoms with van der Waals surface area (Å²) in [6, 6.07) is 9.95. The van der Waals surface area contributed by atoms with Crippen LogP contribution >= 0.6 is 23.3 Å². The minimum atomic E-state index is -0.421. The highest BCUT2D eigenvalue weighted by molar-refractivity contribution is 7.00. The zero-order chi connectivity index (χ0) is 14.8. The molecule has 1 N–H and O–H groups in total. The summed E-state index contributed by atoms with van der Waals surface area (Å²) >= 11 is 7.31. The number of halogens is 1. The molecule has 0 fully saturated rings. The zero-order valence-corrected chi connectivity index (χ0v) is 12.2. The number of nitro benzene ring substituents is 1. The first-order valence-corrected chi connectivity index (χ1v) is 7.14. The van der Waals surface area contributed by atoms with E-state index in [0.29, 0.717) is 11.6 Å². The number of nitrogens with one attached hydrogen (secondary N) is 1. The molecule has 0 aliphatic rings. The molecule has 0 radical (unpaired) electrons. The van der Waals surface area contributed by atoms with Crippen molar-refractivity contribution in [3.05, 3.63) is 57.1 Å². The lowest BCUT2D eigenvalue weighted by atomic mass is 10.2. The lowest BCUT2D eigenvalue weighted by molar-refractivity contribution is -0.384. The van der Waals surface area contributed by atoms with E-state index >= 15 is 0 Å². The minimum absolute atomic E-state index is 0.0718. The number of nitrogens with zero attached hydrogens (tertiary/aromatic N) is 3. The molecule has 0 amide bonds. The van der Waals surface area contributed by atoms with Crippen LogP contribution in [0.15, 0.2) is 36.4 Å². The number of hydrogen-bond donors (Lipinski definition) is 1. The van der Waals surface area contributed by atoms with E-state index in [-0.39, 0.29) is 5.69 Å². The van der Waals surface area contributed by atoms with Crippen LogP contribution in [0.3, 0.4) is 0 Å². The second kappa shape index (κ2) is 5.63. The molecule has 1 heterocycles. The molecule has 106 valence electrons. The van der Waals surface area contributed by atoms with Gasteiger partial charge in [-0.2, -0.15) is 8.75 Å². The van der Waals surface area contributed by atoms with Crippen molar-refractivity contribution in [2.75, 3.05) is 5.32 Å². The molecule has 0 aliphatic carbocycles. The van der Waals surface area contributed by atoms with Gasteiger partial charge >= 0.3 is 0 Å². The van der Waals surface area contributed by atoms with Crippen LogP contribution in [0, 0.1) is 10.1 Å². The van der Waals surface area contributed by atoms with Crippen LogP contribution in [-0.2, 0) is 6.54 Å². The number of aromatic nitrogens is 2. The van der Waals surface area contributed by atoms with Gasteiger partial charge in [-0.25, -0.2) is 0 Å². The maximum absolute atomic E-state index is 10.6. The van der Waals surface area contributed by atoms with E-state index in [2.05, 4.69) is 14.1 Å². The van der Waals surface area contributed by atoms with Gasteiger partial charge in [0, 0.05) is 18.7 Å². The number of anilines is 1. The topological polar surface area (TPSA) is 81.0 Å². The molecule has 0 saturated carbocycles. The predicted molar refractivity (Wildman–Crippen MR) is 82.8 cm³/mol. The number of hydrogen-bond acceptors (Lipinski definition) is 6. The lowest BCUT2D eigenvalue weighted by Gasteiger charge is -2.08. The summed E-state index contributed by atoms with van der Waals surface area (Å²) in [5.41, 5.74) is 3.23. The van der Waals surface area contributed by atoms with Crippen LogP contribution < -0.4 is 5.32 Å². The van der Waals surface area contributed by atoms with E-state index in [1.54, 1.807) is 18.2 Å². The largest absolute Gasteiger partial charge is 0.378 e. The average Bonchev–Trinajstić information content (AvgIpc) is 2.95. The van der Waals surface area contributed by atoms with Crippen molar-refractivity contribution in [3.8, 4) is 0 Å². The second-order valence-electron chi connectivity index (χ2n) is 4.33. The minimum Gasteiger partial charge on any atom is -0.378 e. The van der Waals surface area contributed by atoms with E-state index < -0.39 is 4.92 Å². The van der Waals surface area contributed by atoms with Crippen LogP contribution in [0.25, 0.3) is 11.0 Å². The number of benzene rings is 2. The fourth-order valence-corrected chi connectivity index (χ4v) is 2.68. The van der Waals surface area contributed by atoms with Crippen LogP contribution in [-0.4, -0.2) is 13.7 Å². The third-order valence-corrected chi connectivity index (χ3v) is 3.85. The molecule has 3 aromatic rings. The maximum Gasteiger partial charge on any atom is 0.269 e. The van der Waals surface area contributed by atoms with Crippen molar-refractivity contribution < 1.29 is 4.92 Å². The van der Waals surface area contributed by atoms with E-state index in [4.69, 9.17) is 11.6 Å². The fraction of sp³-hybridized carbons (Fsp3) is 0.0769. The Balaban J connectivity index is 1.81. The molecule has 0 aliphatic heterocycles. The van der Waals surface area contributed by atoms with Crippen molar-refractivity contribution in [2.45, 2.75) is 6.54 Å². The van der Waals surface area contributed by atoms with Gasteiger partial charge in [-0.15, -0.1) is 0 Å². The third-order valence-electron chi connectivity index (χ3n) is 2.99. The molecular formula is C13H9ClN4O2S. The Morgan fingerprint density at radius 2 is 1.95 bits per heavy atom. The summed E-state index contributed by atoms with van der Waals surface area (Å²) < 4.78 is 8.39.